The van der Waals surface area contributed by atoms with Crippen molar-refractivity contribution in [1.29, 1.82) is 0 Å². The van der Waals surface area contributed by atoms with Crippen molar-refractivity contribution in [2.24, 2.45) is 0 Å². The zero-order valence-corrected chi connectivity index (χ0v) is 16.4. The fraction of sp³-hybridized carbons (Fsp3) is 0.333. The topological polar surface area (TPSA) is 52.2 Å². The second kappa shape index (κ2) is 6.90. The summed E-state index contributed by atoms with van der Waals surface area (Å²) in [6, 6.07) is 7.96. The minimum atomic E-state index is 0.0622. The lowest BCUT2D eigenvalue weighted by Gasteiger charge is -2.34. The quantitative estimate of drug-likeness (QED) is 0.705. The van der Waals surface area contributed by atoms with E-state index in [-0.39, 0.29) is 5.91 Å². The third-order valence-electron chi connectivity index (χ3n) is 4.57. The Kier molecular flexibility index (Phi) is 4.62. The van der Waals surface area contributed by atoms with E-state index in [0.717, 1.165) is 58.8 Å². The van der Waals surface area contributed by atoms with E-state index in [9.17, 15) is 4.79 Å². The van der Waals surface area contributed by atoms with Crippen LogP contribution in [0.15, 0.2) is 34.1 Å². The molecular formula is C18H19BrN4OS. The number of nitrogens with zero attached hydrogens (tertiary/aromatic N) is 3. The molecule has 1 aliphatic rings. The number of halogens is 1. The Labute approximate surface area is 158 Å². The van der Waals surface area contributed by atoms with E-state index in [1.165, 1.54) is 0 Å². The van der Waals surface area contributed by atoms with E-state index < -0.39 is 0 Å². The van der Waals surface area contributed by atoms with Crippen LogP contribution >= 0.6 is 27.3 Å². The third kappa shape index (κ3) is 3.36. The average Bonchev–Trinajstić information content (AvgIpc) is 3.19. The van der Waals surface area contributed by atoms with Crippen molar-refractivity contribution in [3.8, 4) is 0 Å². The van der Waals surface area contributed by atoms with Crippen molar-refractivity contribution in [2.75, 3.05) is 26.2 Å². The zero-order valence-electron chi connectivity index (χ0n) is 14.0. The lowest BCUT2D eigenvalue weighted by Crippen LogP contribution is -2.48. The maximum absolute atomic E-state index is 12.9. The highest BCUT2D eigenvalue weighted by Gasteiger charge is 2.25. The number of aromatic amines is 1. The molecule has 0 saturated carbocycles. The van der Waals surface area contributed by atoms with Crippen molar-refractivity contribution < 1.29 is 4.79 Å². The normalized spacial score (nSPS) is 15.8. The van der Waals surface area contributed by atoms with Gasteiger partial charge in [0.15, 0.2) is 0 Å². The standard InChI is InChI=1S/C18H19BrN4OS/c1-12-20-13(11-25-12)10-22-6-8-23(9-7-22)18(24)17-16(19)14-4-2-3-5-15(14)21-17/h2-5,11,21H,6-10H2,1H3. The maximum Gasteiger partial charge on any atom is 0.271 e. The van der Waals surface area contributed by atoms with Crippen LogP contribution in [-0.2, 0) is 6.54 Å². The number of hydrogen-bond donors (Lipinski definition) is 1. The predicted octanol–water partition coefficient (Wildman–Crippen LogP) is 3.65. The predicted molar refractivity (Wildman–Crippen MR) is 104 cm³/mol. The molecule has 7 heteroatoms. The van der Waals surface area contributed by atoms with E-state index in [0.29, 0.717) is 5.69 Å². The molecule has 5 nitrogen and oxygen atoms in total. The average molecular weight is 419 g/mol. The molecule has 1 N–H and O–H groups in total. The fourth-order valence-corrected chi connectivity index (χ4v) is 4.45. The molecule has 1 aromatic carbocycles. The van der Waals surface area contributed by atoms with Gasteiger partial charge in [-0.3, -0.25) is 9.69 Å². The molecular weight excluding hydrogens is 400 g/mol. The molecule has 3 heterocycles. The molecule has 0 atom stereocenters. The van der Waals surface area contributed by atoms with Gasteiger partial charge in [0, 0.05) is 49.0 Å². The maximum atomic E-state index is 12.9. The van der Waals surface area contributed by atoms with Gasteiger partial charge in [0.1, 0.15) is 5.69 Å². The van der Waals surface area contributed by atoms with Crippen LogP contribution in [0.3, 0.4) is 0 Å². The number of benzene rings is 1. The summed E-state index contributed by atoms with van der Waals surface area (Å²) in [6.45, 7) is 6.12. The summed E-state index contributed by atoms with van der Waals surface area (Å²) in [5.41, 5.74) is 2.75. The Morgan fingerprint density at radius 3 is 2.72 bits per heavy atom. The van der Waals surface area contributed by atoms with Gasteiger partial charge >= 0.3 is 0 Å². The van der Waals surface area contributed by atoms with Gasteiger partial charge in [0.25, 0.3) is 5.91 Å². The van der Waals surface area contributed by atoms with Gasteiger partial charge in [0.05, 0.1) is 15.2 Å². The molecule has 3 aromatic rings. The van der Waals surface area contributed by atoms with Gasteiger partial charge in [0.2, 0.25) is 0 Å². The second-order valence-corrected chi connectivity index (χ2v) is 8.14. The molecule has 0 unspecified atom stereocenters. The first kappa shape index (κ1) is 16.8. The highest BCUT2D eigenvalue weighted by Crippen LogP contribution is 2.28. The van der Waals surface area contributed by atoms with Crippen LogP contribution < -0.4 is 0 Å². The fourth-order valence-electron chi connectivity index (χ4n) is 3.23. The van der Waals surface area contributed by atoms with Crippen LogP contribution in [0.2, 0.25) is 0 Å². The van der Waals surface area contributed by atoms with Gasteiger partial charge in [-0.15, -0.1) is 11.3 Å². The van der Waals surface area contributed by atoms with Crippen molar-refractivity contribution in [3.63, 3.8) is 0 Å². The number of H-pyrrole nitrogens is 1. The summed E-state index contributed by atoms with van der Waals surface area (Å²) in [5.74, 6) is 0.0622. The summed E-state index contributed by atoms with van der Waals surface area (Å²) in [6.07, 6.45) is 0. The number of thiazole rings is 1. The summed E-state index contributed by atoms with van der Waals surface area (Å²) in [7, 11) is 0. The van der Waals surface area contributed by atoms with Gasteiger partial charge in [-0.05, 0) is 28.9 Å². The molecule has 1 aliphatic heterocycles. The van der Waals surface area contributed by atoms with Gasteiger partial charge in [-0.1, -0.05) is 18.2 Å². The van der Waals surface area contributed by atoms with Gasteiger partial charge < -0.3 is 9.88 Å². The summed E-state index contributed by atoms with van der Waals surface area (Å²) in [5, 5.41) is 4.27. The van der Waals surface area contributed by atoms with E-state index in [2.05, 4.69) is 36.2 Å². The second-order valence-electron chi connectivity index (χ2n) is 6.29. The van der Waals surface area contributed by atoms with E-state index in [1.807, 2.05) is 36.1 Å². The highest BCUT2D eigenvalue weighted by atomic mass is 79.9. The first-order chi connectivity index (χ1) is 12.1. The Hall–Kier alpha value is -1.70. The van der Waals surface area contributed by atoms with E-state index >= 15 is 0 Å². The Balaban J connectivity index is 1.43. The molecule has 1 amide bonds. The Bertz CT molecular complexity index is 911. The lowest BCUT2D eigenvalue weighted by atomic mass is 10.2. The Morgan fingerprint density at radius 2 is 2.04 bits per heavy atom. The minimum Gasteiger partial charge on any atom is -0.350 e. The number of nitrogens with one attached hydrogen (secondary N) is 1. The molecule has 0 spiro atoms. The zero-order chi connectivity index (χ0) is 17.4. The van der Waals surface area contributed by atoms with E-state index in [1.54, 1.807) is 11.3 Å². The first-order valence-electron chi connectivity index (χ1n) is 8.30. The summed E-state index contributed by atoms with van der Waals surface area (Å²) < 4.78 is 0.855. The highest BCUT2D eigenvalue weighted by molar-refractivity contribution is 9.10. The number of aryl methyl sites for hydroxylation is 1. The monoisotopic (exact) mass is 418 g/mol. The molecule has 2 aromatic heterocycles. The molecule has 0 bridgehead atoms. The van der Waals surface area contributed by atoms with Crippen molar-refractivity contribution in [2.45, 2.75) is 13.5 Å². The molecule has 4 rings (SSSR count). The minimum absolute atomic E-state index is 0.0622. The van der Waals surface area contributed by atoms with Crippen molar-refractivity contribution in [3.05, 3.63) is 50.5 Å². The SMILES string of the molecule is Cc1nc(CN2CCN(C(=O)c3[nH]c4ccccc4c3Br)CC2)cs1. The lowest BCUT2D eigenvalue weighted by molar-refractivity contribution is 0.0621. The molecule has 1 fully saturated rings. The smallest absolute Gasteiger partial charge is 0.271 e. The van der Waals surface area contributed by atoms with Crippen LogP contribution in [0.5, 0.6) is 0 Å². The summed E-state index contributed by atoms with van der Waals surface area (Å²) in [4.78, 5) is 25.0. The number of rotatable bonds is 3. The number of hydrogen-bond acceptors (Lipinski definition) is 4. The molecule has 1 saturated heterocycles. The van der Waals surface area contributed by atoms with Crippen LogP contribution in [-0.4, -0.2) is 51.9 Å². The van der Waals surface area contributed by atoms with Crippen LogP contribution in [0, 0.1) is 6.92 Å². The van der Waals surface area contributed by atoms with Crippen LogP contribution in [0.1, 0.15) is 21.2 Å². The van der Waals surface area contributed by atoms with Crippen LogP contribution in [0.25, 0.3) is 10.9 Å². The number of para-hydroxylation sites is 1. The van der Waals surface area contributed by atoms with E-state index in [4.69, 9.17) is 0 Å². The van der Waals surface area contributed by atoms with Crippen molar-refractivity contribution in [1.82, 2.24) is 19.8 Å². The largest absolute Gasteiger partial charge is 0.350 e. The van der Waals surface area contributed by atoms with Gasteiger partial charge in [-0.2, -0.15) is 0 Å². The number of carbonyl (C=O) groups is 1. The third-order valence-corrected chi connectivity index (χ3v) is 6.21. The first-order valence-corrected chi connectivity index (χ1v) is 9.98. The van der Waals surface area contributed by atoms with Gasteiger partial charge in [-0.25, -0.2) is 4.98 Å². The Morgan fingerprint density at radius 1 is 1.28 bits per heavy atom. The number of fused-ring (bicyclic) bond motifs is 1. The van der Waals surface area contributed by atoms with Crippen molar-refractivity contribution >= 4 is 44.1 Å². The summed E-state index contributed by atoms with van der Waals surface area (Å²) >= 11 is 5.27. The molecule has 25 heavy (non-hydrogen) atoms. The van der Waals surface area contributed by atoms with Crippen LogP contribution in [0.4, 0.5) is 0 Å². The molecule has 0 radical (unpaired) electrons. The number of piperazine rings is 1. The number of amides is 1. The molecule has 0 aliphatic carbocycles. The number of carbonyl (C=O) groups excluding carboxylic acids is 1. The molecule has 130 valence electrons. The number of aromatic nitrogens is 2.